The lowest BCUT2D eigenvalue weighted by Crippen LogP contribution is -2.54. The van der Waals surface area contributed by atoms with Crippen molar-refractivity contribution in [3.05, 3.63) is 0 Å². The summed E-state index contributed by atoms with van der Waals surface area (Å²) in [4.78, 5) is 47.5. The SMILES string of the molecule is COC(=O)C(C(=O)OC)[C@@H](C)[C@H](NC(=O)[C@@H]1CCOC1)C(N)=O. The molecule has 0 bridgehead atoms. The van der Waals surface area contributed by atoms with Gasteiger partial charge >= 0.3 is 11.9 Å². The van der Waals surface area contributed by atoms with Gasteiger partial charge in [-0.25, -0.2) is 0 Å². The first-order valence-electron chi connectivity index (χ1n) is 7.16. The van der Waals surface area contributed by atoms with Crippen LogP contribution in [0.15, 0.2) is 0 Å². The molecule has 0 unspecified atom stereocenters. The van der Waals surface area contributed by atoms with Gasteiger partial charge in [0.1, 0.15) is 6.04 Å². The molecule has 0 aliphatic carbocycles. The third kappa shape index (κ3) is 4.65. The van der Waals surface area contributed by atoms with E-state index in [0.29, 0.717) is 13.0 Å². The van der Waals surface area contributed by atoms with E-state index in [-0.39, 0.29) is 6.61 Å². The van der Waals surface area contributed by atoms with Crippen LogP contribution in [0.1, 0.15) is 13.3 Å². The Morgan fingerprint density at radius 2 is 1.74 bits per heavy atom. The van der Waals surface area contributed by atoms with Crippen LogP contribution in [0.4, 0.5) is 0 Å². The van der Waals surface area contributed by atoms with E-state index in [1.807, 2.05) is 0 Å². The molecule has 1 fully saturated rings. The molecular weight excluding hydrogens is 308 g/mol. The summed E-state index contributed by atoms with van der Waals surface area (Å²) in [5.74, 6) is -5.70. The highest BCUT2D eigenvalue weighted by Gasteiger charge is 2.42. The van der Waals surface area contributed by atoms with Crippen molar-refractivity contribution >= 4 is 23.8 Å². The summed E-state index contributed by atoms with van der Waals surface area (Å²) >= 11 is 0. The van der Waals surface area contributed by atoms with E-state index < -0.39 is 47.5 Å². The van der Waals surface area contributed by atoms with E-state index in [9.17, 15) is 19.2 Å². The summed E-state index contributed by atoms with van der Waals surface area (Å²) < 4.78 is 14.2. The highest BCUT2D eigenvalue weighted by molar-refractivity contribution is 5.97. The van der Waals surface area contributed by atoms with Gasteiger partial charge in [0.2, 0.25) is 11.8 Å². The minimum absolute atomic E-state index is 0.253. The van der Waals surface area contributed by atoms with Crippen LogP contribution in [0.25, 0.3) is 0 Å². The van der Waals surface area contributed by atoms with Crippen LogP contribution < -0.4 is 11.1 Å². The van der Waals surface area contributed by atoms with Gasteiger partial charge in [-0.05, 0) is 6.42 Å². The lowest BCUT2D eigenvalue weighted by atomic mass is 9.86. The molecule has 3 atom stereocenters. The highest BCUT2D eigenvalue weighted by atomic mass is 16.5. The number of nitrogens with one attached hydrogen (secondary N) is 1. The monoisotopic (exact) mass is 330 g/mol. The van der Waals surface area contributed by atoms with E-state index >= 15 is 0 Å². The van der Waals surface area contributed by atoms with Crippen LogP contribution in [0.2, 0.25) is 0 Å². The van der Waals surface area contributed by atoms with Crippen molar-refractivity contribution in [2.45, 2.75) is 19.4 Å². The van der Waals surface area contributed by atoms with Crippen molar-refractivity contribution in [2.75, 3.05) is 27.4 Å². The molecule has 0 aromatic carbocycles. The third-order valence-electron chi connectivity index (χ3n) is 3.87. The summed E-state index contributed by atoms with van der Waals surface area (Å²) in [5, 5.41) is 2.49. The van der Waals surface area contributed by atoms with Crippen LogP contribution in [-0.2, 0) is 33.4 Å². The van der Waals surface area contributed by atoms with Crippen molar-refractivity contribution in [1.29, 1.82) is 0 Å². The molecule has 3 N–H and O–H groups in total. The molecular formula is C14H22N2O7. The van der Waals surface area contributed by atoms with Crippen LogP contribution in [0, 0.1) is 17.8 Å². The van der Waals surface area contributed by atoms with Gasteiger partial charge in [-0.2, -0.15) is 0 Å². The summed E-state index contributed by atoms with van der Waals surface area (Å²) in [6.07, 6.45) is 0.531. The first-order valence-corrected chi connectivity index (χ1v) is 7.16. The maximum Gasteiger partial charge on any atom is 0.320 e. The predicted molar refractivity (Wildman–Crippen MR) is 76.7 cm³/mol. The number of carbonyl (C=O) groups excluding carboxylic acids is 4. The highest BCUT2D eigenvalue weighted by Crippen LogP contribution is 2.21. The number of nitrogens with two attached hydrogens (primary N) is 1. The van der Waals surface area contributed by atoms with Gasteiger partial charge < -0.3 is 25.3 Å². The zero-order valence-electron chi connectivity index (χ0n) is 13.4. The summed E-state index contributed by atoms with van der Waals surface area (Å²) in [6, 6.07) is -1.22. The molecule has 130 valence electrons. The smallest absolute Gasteiger partial charge is 0.320 e. The Labute approximate surface area is 133 Å². The minimum atomic E-state index is -1.37. The Hall–Kier alpha value is -2.16. The first-order chi connectivity index (χ1) is 10.8. The molecule has 0 aromatic rings. The molecule has 2 amide bonds. The second-order valence-electron chi connectivity index (χ2n) is 5.33. The molecule has 9 heteroatoms. The Kier molecular flexibility index (Phi) is 6.95. The first kappa shape index (κ1) is 18.9. The van der Waals surface area contributed by atoms with Crippen molar-refractivity contribution < 1.29 is 33.4 Å². The fourth-order valence-corrected chi connectivity index (χ4v) is 2.45. The Morgan fingerprint density at radius 3 is 2.13 bits per heavy atom. The van der Waals surface area contributed by atoms with E-state index in [1.54, 1.807) is 0 Å². The topological polar surface area (TPSA) is 134 Å². The number of ether oxygens (including phenoxy) is 3. The molecule has 9 nitrogen and oxygen atoms in total. The summed E-state index contributed by atoms with van der Waals surface area (Å²) in [5.41, 5.74) is 5.32. The number of primary amides is 1. The van der Waals surface area contributed by atoms with E-state index in [1.165, 1.54) is 6.92 Å². The van der Waals surface area contributed by atoms with Gasteiger partial charge in [0, 0.05) is 12.5 Å². The Morgan fingerprint density at radius 1 is 1.17 bits per heavy atom. The number of hydrogen-bond acceptors (Lipinski definition) is 7. The fourth-order valence-electron chi connectivity index (χ4n) is 2.45. The minimum Gasteiger partial charge on any atom is -0.468 e. The normalized spacial score (nSPS) is 19.7. The Balaban J connectivity index is 2.92. The van der Waals surface area contributed by atoms with Gasteiger partial charge in [0.15, 0.2) is 5.92 Å². The van der Waals surface area contributed by atoms with Crippen LogP contribution in [0.3, 0.4) is 0 Å². The van der Waals surface area contributed by atoms with Crippen molar-refractivity contribution in [3.63, 3.8) is 0 Å². The second-order valence-corrected chi connectivity index (χ2v) is 5.33. The standard InChI is InChI=1S/C14H22N2O7/c1-7(9(13(19)21-2)14(20)22-3)10(11(15)17)16-12(18)8-4-5-23-6-8/h7-10H,4-6H2,1-3H3,(H2,15,17)(H,16,18)/t7-,8-,10+/m1/s1. The molecule has 1 rings (SSSR count). The maximum absolute atomic E-state index is 12.1. The van der Waals surface area contributed by atoms with Gasteiger partial charge in [-0.15, -0.1) is 0 Å². The second kappa shape index (κ2) is 8.47. The number of hydrogen-bond donors (Lipinski definition) is 2. The van der Waals surface area contributed by atoms with Gasteiger partial charge in [-0.3, -0.25) is 19.2 Å². The van der Waals surface area contributed by atoms with E-state index in [0.717, 1.165) is 14.2 Å². The lowest BCUT2D eigenvalue weighted by Gasteiger charge is -2.27. The summed E-state index contributed by atoms with van der Waals surface area (Å²) in [6.45, 7) is 2.16. The van der Waals surface area contributed by atoms with Gasteiger partial charge in [-0.1, -0.05) is 6.92 Å². The molecule has 23 heavy (non-hydrogen) atoms. The van der Waals surface area contributed by atoms with Crippen molar-refractivity contribution in [3.8, 4) is 0 Å². The quantitative estimate of drug-likeness (QED) is 0.432. The molecule has 0 radical (unpaired) electrons. The van der Waals surface area contributed by atoms with E-state index in [4.69, 9.17) is 10.5 Å². The molecule has 1 heterocycles. The number of amides is 2. The number of esters is 2. The summed E-state index contributed by atoms with van der Waals surface area (Å²) in [7, 11) is 2.22. The number of methoxy groups -OCH3 is 2. The zero-order chi connectivity index (χ0) is 17.6. The van der Waals surface area contributed by atoms with Crippen LogP contribution in [-0.4, -0.2) is 57.2 Å². The molecule has 1 aliphatic rings. The van der Waals surface area contributed by atoms with Crippen molar-refractivity contribution in [1.82, 2.24) is 5.32 Å². The van der Waals surface area contributed by atoms with Gasteiger partial charge in [0.05, 0.1) is 26.7 Å². The third-order valence-corrected chi connectivity index (χ3v) is 3.87. The zero-order valence-corrected chi connectivity index (χ0v) is 13.4. The largest absolute Gasteiger partial charge is 0.468 e. The average molecular weight is 330 g/mol. The molecule has 0 saturated carbocycles. The van der Waals surface area contributed by atoms with E-state index in [2.05, 4.69) is 14.8 Å². The van der Waals surface area contributed by atoms with Gasteiger partial charge in [0.25, 0.3) is 0 Å². The van der Waals surface area contributed by atoms with Crippen LogP contribution in [0.5, 0.6) is 0 Å². The molecule has 0 aromatic heterocycles. The number of rotatable bonds is 7. The molecule has 0 spiro atoms. The van der Waals surface area contributed by atoms with Crippen molar-refractivity contribution in [2.24, 2.45) is 23.5 Å². The lowest BCUT2D eigenvalue weighted by molar-refractivity contribution is -0.162. The molecule has 1 saturated heterocycles. The maximum atomic E-state index is 12.1. The molecule has 1 aliphatic heterocycles. The Bertz CT molecular complexity index is 458. The fraction of sp³-hybridized carbons (Fsp3) is 0.714. The number of carbonyl (C=O) groups is 4. The average Bonchev–Trinajstić information content (AvgIpc) is 3.05. The predicted octanol–water partition coefficient (Wildman–Crippen LogP) is -1.41. The van der Waals surface area contributed by atoms with Crippen LogP contribution >= 0.6 is 0 Å².